The Balaban J connectivity index is 1.81. The van der Waals surface area contributed by atoms with Crippen molar-refractivity contribution in [2.24, 2.45) is 0 Å². The summed E-state index contributed by atoms with van der Waals surface area (Å²) in [5.41, 5.74) is 2.10. The maximum Gasteiger partial charge on any atom is 0.355 e. The summed E-state index contributed by atoms with van der Waals surface area (Å²) in [5, 5.41) is 11.2. The molecule has 0 saturated carbocycles. The number of ether oxygens (including phenoxy) is 1. The number of carboxylic acid groups (broad SMARTS) is 1. The van der Waals surface area contributed by atoms with Crippen molar-refractivity contribution in [3.63, 3.8) is 0 Å². The van der Waals surface area contributed by atoms with E-state index in [4.69, 9.17) is 9.84 Å². The first-order valence-electron chi connectivity index (χ1n) is 7.60. The molecule has 5 heteroatoms. The highest BCUT2D eigenvalue weighted by atomic mass is 32.1. The third-order valence-corrected chi connectivity index (χ3v) is 4.48. The predicted molar refractivity (Wildman–Crippen MR) is 95.1 cm³/mol. The van der Waals surface area contributed by atoms with Gasteiger partial charge in [0.1, 0.15) is 16.5 Å². The van der Waals surface area contributed by atoms with E-state index in [9.17, 15) is 4.79 Å². The van der Waals surface area contributed by atoms with E-state index in [2.05, 4.69) is 24.9 Å². The Hall–Kier alpha value is -2.66. The number of aromatic nitrogens is 1. The molecule has 0 aliphatic carbocycles. The molecular weight excluding hydrogens is 322 g/mol. The van der Waals surface area contributed by atoms with Crippen molar-refractivity contribution in [3.05, 3.63) is 65.2 Å². The molecule has 4 nitrogen and oxygen atoms in total. The maximum absolute atomic E-state index is 10.9. The van der Waals surface area contributed by atoms with Gasteiger partial charge in [-0.05, 0) is 41.8 Å². The molecular formula is C19H17NO3S. The topological polar surface area (TPSA) is 59.4 Å². The lowest BCUT2D eigenvalue weighted by Gasteiger charge is -2.13. The van der Waals surface area contributed by atoms with Crippen LogP contribution in [-0.4, -0.2) is 16.1 Å². The fourth-order valence-electron chi connectivity index (χ4n) is 2.35. The van der Waals surface area contributed by atoms with E-state index in [1.54, 1.807) is 5.38 Å². The van der Waals surface area contributed by atoms with Gasteiger partial charge in [-0.2, -0.15) is 0 Å². The number of hydrogen-bond acceptors (Lipinski definition) is 4. The molecule has 1 aromatic heterocycles. The van der Waals surface area contributed by atoms with Crippen LogP contribution in [0.15, 0.2) is 53.9 Å². The van der Waals surface area contributed by atoms with Crippen LogP contribution in [0.5, 0.6) is 11.5 Å². The van der Waals surface area contributed by atoms with Gasteiger partial charge in [0.25, 0.3) is 0 Å². The van der Waals surface area contributed by atoms with E-state index >= 15 is 0 Å². The molecule has 2 aromatic carbocycles. The molecule has 0 amide bonds. The molecule has 0 saturated heterocycles. The Morgan fingerprint density at radius 3 is 2.46 bits per heavy atom. The van der Waals surface area contributed by atoms with Gasteiger partial charge in [-0.3, -0.25) is 0 Å². The molecule has 1 heterocycles. The lowest BCUT2D eigenvalue weighted by Crippen LogP contribution is -1.95. The summed E-state index contributed by atoms with van der Waals surface area (Å²) in [5.74, 6) is 0.956. The molecule has 24 heavy (non-hydrogen) atoms. The van der Waals surface area contributed by atoms with Crippen LogP contribution in [0.4, 0.5) is 0 Å². The number of hydrogen-bond donors (Lipinski definition) is 1. The number of rotatable bonds is 5. The Kier molecular flexibility index (Phi) is 4.62. The second-order valence-electron chi connectivity index (χ2n) is 5.66. The summed E-state index contributed by atoms with van der Waals surface area (Å²) in [6.45, 7) is 4.27. The van der Waals surface area contributed by atoms with Crippen LogP contribution in [0.1, 0.15) is 35.8 Å². The number of benzene rings is 2. The quantitative estimate of drug-likeness (QED) is 0.674. The summed E-state index contributed by atoms with van der Waals surface area (Å²) < 4.78 is 5.99. The number of carbonyl (C=O) groups is 1. The zero-order valence-electron chi connectivity index (χ0n) is 13.4. The number of thiazole rings is 1. The van der Waals surface area contributed by atoms with Crippen molar-refractivity contribution in [2.45, 2.75) is 19.8 Å². The summed E-state index contributed by atoms with van der Waals surface area (Å²) in [4.78, 5) is 15.0. The van der Waals surface area contributed by atoms with Crippen LogP contribution >= 0.6 is 11.3 Å². The number of carboxylic acids is 1. The maximum atomic E-state index is 10.9. The number of para-hydroxylation sites is 1. The first-order valence-corrected chi connectivity index (χ1v) is 8.48. The Morgan fingerprint density at radius 1 is 1.12 bits per heavy atom. The van der Waals surface area contributed by atoms with Crippen LogP contribution in [0, 0.1) is 0 Å². The van der Waals surface area contributed by atoms with E-state index in [0.29, 0.717) is 10.9 Å². The summed E-state index contributed by atoms with van der Waals surface area (Å²) >= 11 is 1.31. The minimum absolute atomic E-state index is 0.0705. The van der Waals surface area contributed by atoms with Gasteiger partial charge in [0, 0.05) is 10.9 Å². The zero-order chi connectivity index (χ0) is 17.1. The van der Waals surface area contributed by atoms with Crippen LogP contribution in [0.3, 0.4) is 0 Å². The van der Waals surface area contributed by atoms with Crippen molar-refractivity contribution in [2.75, 3.05) is 0 Å². The summed E-state index contributed by atoms with van der Waals surface area (Å²) in [6.07, 6.45) is 0. The molecule has 122 valence electrons. The van der Waals surface area contributed by atoms with Gasteiger partial charge in [0.15, 0.2) is 5.69 Å². The minimum atomic E-state index is -1.01. The smallest absolute Gasteiger partial charge is 0.355 e. The molecule has 3 rings (SSSR count). The van der Waals surface area contributed by atoms with Crippen molar-refractivity contribution in [1.82, 2.24) is 4.98 Å². The standard InChI is InChI=1S/C19H17NO3S/c1-12(2)15-5-3-4-6-17(15)23-14-9-7-13(8-10-14)18-20-16(11-24-18)19(21)22/h3-12H,1-2H3,(H,21,22). The molecule has 0 bridgehead atoms. The van der Waals surface area contributed by atoms with E-state index in [-0.39, 0.29) is 5.69 Å². The fraction of sp³-hybridized carbons (Fsp3) is 0.158. The minimum Gasteiger partial charge on any atom is -0.476 e. The first kappa shape index (κ1) is 16.2. The van der Waals surface area contributed by atoms with Crippen molar-refractivity contribution < 1.29 is 14.6 Å². The highest BCUT2D eigenvalue weighted by Gasteiger charge is 2.11. The van der Waals surface area contributed by atoms with E-state index in [1.165, 1.54) is 11.3 Å². The van der Waals surface area contributed by atoms with Gasteiger partial charge in [-0.1, -0.05) is 32.0 Å². The number of nitrogens with zero attached hydrogens (tertiary/aromatic N) is 1. The third-order valence-electron chi connectivity index (χ3n) is 3.59. The zero-order valence-corrected chi connectivity index (χ0v) is 14.2. The van der Waals surface area contributed by atoms with E-state index < -0.39 is 5.97 Å². The van der Waals surface area contributed by atoms with Gasteiger partial charge in [0.05, 0.1) is 0 Å². The molecule has 3 aromatic rings. The average Bonchev–Trinajstić information content (AvgIpc) is 3.06. The molecule has 0 unspecified atom stereocenters. The number of aromatic carboxylic acids is 1. The average molecular weight is 339 g/mol. The first-order chi connectivity index (χ1) is 11.5. The summed E-state index contributed by atoms with van der Waals surface area (Å²) in [6, 6.07) is 15.5. The summed E-state index contributed by atoms with van der Waals surface area (Å²) in [7, 11) is 0. The van der Waals surface area contributed by atoms with Gasteiger partial charge in [-0.15, -0.1) is 11.3 Å². The molecule has 0 fully saturated rings. The predicted octanol–water partition coefficient (Wildman–Crippen LogP) is 5.42. The van der Waals surface area contributed by atoms with E-state index in [0.717, 1.165) is 22.6 Å². The lowest BCUT2D eigenvalue weighted by atomic mass is 10.0. The largest absolute Gasteiger partial charge is 0.476 e. The fourth-order valence-corrected chi connectivity index (χ4v) is 3.15. The van der Waals surface area contributed by atoms with Crippen LogP contribution in [0.2, 0.25) is 0 Å². The molecule has 0 radical (unpaired) electrons. The van der Waals surface area contributed by atoms with E-state index in [1.807, 2.05) is 42.5 Å². The van der Waals surface area contributed by atoms with Crippen molar-refractivity contribution >= 4 is 17.3 Å². The van der Waals surface area contributed by atoms with Gasteiger partial charge >= 0.3 is 5.97 Å². The third kappa shape index (κ3) is 3.46. The highest BCUT2D eigenvalue weighted by Crippen LogP contribution is 2.32. The Labute approximate surface area is 144 Å². The van der Waals surface area contributed by atoms with Crippen LogP contribution < -0.4 is 4.74 Å². The molecule has 0 aliphatic heterocycles. The second-order valence-corrected chi connectivity index (χ2v) is 6.52. The van der Waals surface area contributed by atoms with Crippen LogP contribution in [-0.2, 0) is 0 Å². The normalized spacial score (nSPS) is 10.8. The SMILES string of the molecule is CC(C)c1ccccc1Oc1ccc(-c2nc(C(=O)O)cs2)cc1. The van der Waals surface area contributed by atoms with Crippen molar-refractivity contribution in [3.8, 4) is 22.1 Å². The monoisotopic (exact) mass is 339 g/mol. The molecule has 1 N–H and O–H groups in total. The van der Waals surface area contributed by atoms with Crippen molar-refractivity contribution in [1.29, 1.82) is 0 Å². The molecule has 0 aliphatic rings. The Morgan fingerprint density at radius 2 is 1.83 bits per heavy atom. The van der Waals surface area contributed by atoms with Gasteiger partial charge < -0.3 is 9.84 Å². The lowest BCUT2D eigenvalue weighted by molar-refractivity contribution is 0.0691. The van der Waals surface area contributed by atoms with Gasteiger partial charge in [-0.25, -0.2) is 9.78 Å². The highest BCUT2D eigenvalue weighted by molar-refractivity contribution is 7.13. The molecule has 0 spiro atoms. The van der Waals surface area contributed by atoms with Gasteiger partial charge in [0.2, 0.25) is 0 Å². The second kappa shape index (κ2) is 6.84. The Bertz CT molecular complexity index is 853. The molecule has 0 atom stereocenters. The van der Waals surface area contributed by atoms with Crippen LogP contribution in [0.25, 0.3) is 10.6 Å².